The maximum atomic E-state index is 12.5. The summed E-state index contributed by atoms with van der Waals surface area (Å²) in [6.45, 7) is 0. The van der Waals surface area contributed by atoms with Gasteiger partial charge < -0.3 is 9.26 Å². The van der Waals surface area contributed by atoms with Gasteiger partial charge in [0.25, 0.3) is 0 Å². The van der Waals surface area contributed by atoms with E-state index < -0.39 is 12.1 Å². The Bertz CT molecular complexity index is 816. The van der Waals surface area contributed by atoms with Crippen LogP contribution in [0.3, 0.4) is 0 Å². The number of aromatic nitrogens is 2. The smallest absolute Gasteiger partial charge is 0.457 e. The minimum atomic E-state index is -4.69. The minimum absolute atomic E-state index is 0.188. The molecular weight excluding hydrogens is 333 g/mol. The van der Waals surface area contributed by atoms with Crippen molar-refractivity contribution in [2.45, 2.75) is 6.18 Å². The van der Waals surface area contributed by atoms with Crippen LogP contribution in [0, 0.1) is 6.07 Å². The molecule has 8 heteroatoms. The SMILES string of the molecule is FC(F)(F)c1nc(-c2cc[c]c(Oc3ccc(Cl)cc3)c2)no1. The van der Waals surface area contributed by atoms with Crippen LogP contribution in [0.15, 0.2) is 47.0 Å². The Hall–Kier alpha value is -2.54. The van der Waals surface area contributed by atoms with Gasteiger partial charge in [0.15, 0.2) is 0 Å². The topological polar surface area (TPSA) is 48.2 Å². The van der Waals surface area contributed by atoms with Crippen molar-refractivity contribution >= 4 is 11.6 Å². The molecule has 0 atom stereocenters. The lowest BCUT2D eigenvalue weighted by Crippen LogP contribution is -2.04. The van der Waals surface area contributed by atoms with Crippen LogP contribution >= 0.6 is 11.6 Å². The third kappa shape index (κ3) is 3.62. The summed E-state index contributed by atoms with van der Waals surface area (Å²) in [5.74, 6) is -0.789. The van der Waals surface area contributed by atoms with Gasteiger partial charge in [-0.05, 0) is 36.4 Å². The molecule has 117 valence electrons. The summed E-state index contributed by atoms with van der Waals surface area (Å²) in [6.07, 6.45) is -4.69. The van der Waals surface area contributed by atoms with Crippen molar-refractivity contribution in [1.82, 2.24) is 10.1 Å². The predicted octanol–water partition coefficient (Wildman–Crippen LogP) is 5.00. The van der Waals surface area contributed by atoms with E-state index in [-0.39, 0.29) is 5.82 Å². The monoisotopic (exact) mass is 339 g/mol. The summed E-state index contributed by atoms with van der Waals surface area (Å²) in [5.41, 5.74) is 0.312. The van der Waals surface area contributed by atoms with E-state index in [1.807, 2.05) is 0 Å². The maximum Gasteiger partial charge on any atom is 0.471 e. The lowest BCUT2D eigenvalue weighted by atomic mass is 10.2. The molecule has 0 saturated carbocycles. The molecule has 1 aromatic heterocycles. The van der Waals surface area contributed by atoms with E-state index in [2.05, 4.69) is 20.7 Å². The van der Waals surface area contributed by atoms with Crippen molar-refractivity contribution in [2.24, 2.45) is 0 Å². The van der Waals surface area contributed by atoms with E-state index >= 15 is 0 Å². The van der Waals surface area contributed by atoms with Crippen LogP contribution in [0.4, 0.5) is 13.2 Å². The zero-order valence-electron chi connectivity index (χ0n) is 11.3. The predicted molar refractivity (Wildman–Crippen MR) is 75.1 cm³/mol. The van der Waals surface area contributed by atoms with Gasteiger partial charge >= 0.3 is 12.1 Å². The Morgan fingerprint density at radius 2 is 1.87 bits per heavy atom. The molecule has 0 aliphatic heterocycles. The van der Waals surface area contributed by atoms with Crippen LogP contribution < -0.4 is 4.74 Å². The van der Waals surface area contributed by atoms with Crippen LogP contribution in [0.2, 0.25) is 5.02 Å². The van der Waals surface area contributed by atoms with Gasteiger partial charge in [0.05, 0.1) is 0 Å². The maximum absolute atomic E-state index is 12.5. The standard InChI is InChI=1S/C15H7ClF3N2O2/c16-10-4-6-11(7-5-10)22-12-3-1-2-9(8-12)13-20-14(23-21-13)15(17,18)19/h1-2,4-8H. The quantitative estimate of drug-likeness (QED) is 0.673. The zero-order chi connectivity index (χ0) is 16.4. The largest absolute Gasteiger partial charge is 0.471 e. The van der Waals surface area contributed by atoms with Gasteiger partial charge in [0, 0.05) is 16.7 Å². The molecule has 0 aliphatic rings. The molecule has 0 unspecified atom stereocenters. The highest BCUT2D eigenvalue weighted by molar-refractivity contribution is 6.30. The second-order valence-electron chi connectivity index (χ2n) is 4.42. The normalized spacial score (nSPS) is 11.5. The second kappa shape index (κ2) is 5.92. The summed E-state index contributed by atoms with van der Waals surface area (Å²) >= 11 is 5.78. The first-order valence-electron chi connectivity index (χ1n) is 6.28. The van der Waals surface area contributed by atoms with Gasteiger partial charge in [0.2, 0.25) is 5.82 Å². The number of alkyl halides is 3. The number of hydrogen-bond acceptors (Lipinski definition) is 4. The van der Waals surface area contributed by atoms with Gasteiger partial charge in [-0.3, -0.25) is 0 Å². The number of nitrogens with zero attached hydrogens (tertiary/aromatic N) is 2. The summed E-state index contributed by atoms with van der Waals surface area (Å²) in [7, 11) is 0. The molecule has 0 spiro atoms. The van der Waals surface area contributed by atoms with E-state index in [1.54, 1.807) is 24.3 Å². The van der Waals surface area contributed by atoms with E-state index in [1.165, 1.54) is 18.2 Å². The summed E-state index contributed by atoms with van der Waals surface area (Å²) in [5, 5.41) is 3.88. The molecule has 0 fully saturated rings. The van der Waals surface area contributed by atoms with Gasteiger partial charge in [-0.1, -0.05) is 22.8 Å². The molecule has 0 saturated heterocycles. The highest BCUT2D eigenvalue weighted by Gasteiger charge is 2.38. The van der Waals surface area contributed by atoms with Crippen LogP contribution in [-0.4, -0.2) is 10.1 Å². The van der Waals surface area contributed by atoms with E-state index in [9.17, 15) is 13.2 Å². The van der Waals surface area contributed by atoms with Crippen molar-refractivity contribution in [2.75, 3.05) is 0 Å². The van der Waals surface area contributed by atoms with Crippen LogP contribution in [0.1, 0.15) is 5.89 Å². The third-order valence-electron chi connectivity index (χ3n) is 2.74. The van der Waals surface area contributed by atoms with E-state index in [0.29, 0.717) is 22.1 Å². The van der Waals surface area contributed by atoms with Gasteiger partial charge in [-0.15, -0.1) is 0 Å². The first-order chi connectivity index (χ1) is 10.9. The minimum Gasteiger partial charge on any atom is -0.457 e. The van der Waals surface area contributed by atoms with Crippen molar-refractivity contribution in [1.29, 1.82) is 0 Å². The van der Waals surface area contributed by atoms with Crippen molar-refractivity contribution < 1.29 is 22.4 Å². The fourth-order valence-electron chi connectivity index (χ4n) is 1.73. The fourth-order valence-corrected chi connectivity index (χ4v) is 1.85. The molecule has 1 heterocycles. The van der Waals surface area contributed by atoms with Crippen molar-refractivity contribution in [3.05, 3.63) is 59.4 Å². The van der Waals surface area contributed by atoms with E-state index in [0.717, 1.165) is 0 Å². The van der Waals surface area contributed by atoms with Crippen molar-refractivity contribution in [3.63, 3.8) is 0 Å². The summed E-state index contributed by atoms with van der Waals surface area (Å²) in [4.78, 5) is 3.32. The van der Waals surface area contributed by atoms with Crippen molar-refractivity contribution in [3.8, 4) is 22.9 Å². The van der Waals surface area contributed by atoms with Gasteiger partial charge in [-0.25, -0.2) is 0 Å². The second-order valence-corrected chi connectivity index (χ2v) is 4.85. The summed E-state index contributed by atoms with van der Waals surface area (Å²) < 4.78 is 47.2. The molecule has 0 N–H and O–H groups in total. The number of benzene rings is 2. The third-order valence-corrected chi connectivity index (χ3v) is 3.00. The molecule has 3 aromatic rings. The average molecular weight is 340 g/mol. The number of halogens is 4. The molecule has 0 aliphatic carbocycles. The lowest BCUT2D eigenvalue weighted by Gasteiger charge is -2.06. The first-order valence-corrected chi connectivity index (χ1v) is 6.66. The molecule has 3 rings (SSSR count). The molecule has 0 amide bonds. The molecule has 23 heavy (non-hydrogen) atoms. The van der Waals surface area contributed by atoms with Gasteiger partial charge in [0.1, 0.15) is 11.5 Å². The molecule has 1 radical (unpaired) electrons. The number of hydrogen-bond donors (Lipinski definition) is 0. The number of ether oxygens (including phenoxy) is 1. The molecule has 0 bridgehead atoms. The zero-order valence-corrected chi connectivity index (χ0v) is 12.0. The lowest BCUT2D eigenvalue weighted by molar-refractivity contribution is -0.159. The first kappa shape index (κ1) is 15.4. The Morgan fingerprint density at radius 1 is 1.13 bits per heavy atom. The number of rotatable bonds is 3. The van der Waals surface area contributed by atoms with Gasteiger partial charge in [-0.2, -0.15) is 18.2 Å². The Morgan fingerprint density at radius 3 is 2.52 bits per heavy atom. The van der Waals surface area contributed by atoms with Crippen LogP contribution in [0.25, 0.3) is 11.4 Å². The Balaban J connectivity index is 1.85. The molecular formula is C15H7ClF3N2O2. The molecule has 4 nitrogen and oxygen atoms in total. The van der Waals surface area contributed by atoms with Crippen LogP contribution in [0.5, 0.6) is 11.5 Å². The average Bonchev–Trinajstić information content (AvgIpc) is 3.00. The molecule has 2 aromatic carbocycles. The summed E-state index contributed by atoms with van der Waals surface area (Å²) in [6, 6.07) is 13.9. The Labute approximate surface area is 133 Å². The Kier molecular flexibility index (Phi) is 3.96. The fraction of sp³-hybridized carbons (Fsp3) is 0.0667. The van der Waals surface area contributed by atoms with Crippen LogP contribution in [-0.2, 0) is 6.18 Å². The highest BCUT2D eigenvalue weighted by atomic mass is 35.5. The highest BCUT2D eigenvalue weighted by Crippen LogP contribution is 2.31. The van der Waals surface area contributed by atoms with E-state index in [4.69, 9.17) is 16.3 Å².